The largest absolute Gasteiger partial charge is 0.454 e. The molecule has 8 rings (SSSR count). The smallest absolute Gasteiger partial charge is 0.338 e. The zero-order valence-corrected chi connectivity index (χ0v) is 29.6. The van der Waals surface area contributed by atoms with Gasteiger partial charge in [0.05, 0.1) is 24.0 Å². The summed E-state index contributed by atoms with van der Waals surface area (Å²) in [6.07, 6.45) is -0.366. The number of esters is 1. The van der Waals surface area contributed by atoms with Crippen LogP contribution in [0.5, 0.6) is 0 Å². The molecule has 0 bridgehead atoms. The van der Waals surface area contributed by atoms with Gasteiger partial charge in [0, 0.05) is 12.0 Å². The number of aromatic nitrogens is 3. The quantitative estimate of drug-likeness (QED) is 0.106. The van der Waals surface area contributed by atoms with E-state index >= 15 is 0 Å². The van der Waals surface area contributed by atoms with Gasteiger partial charge in [0.25, 0.3) is 5.91 Å². The average molecular weight is 726 g/mol. The minimum absolute atomic E-state index is 0.0260. The number of nitrogens with one attached hydrogen (secondary N) is 1. The highest BCUT2D eigenvalue weighted by Gasteiger charge is 2.56. The minimum atomic E-state index is -1.82. The summed E-state index contributed by atoms with van der Waals surface area (Å²) in [6, 6.07) is 53.0. The Bertz CT molecular complexity index is 2360. The van der Waals surface area contributed by atoms with Crippen molar-refractivity contribution in [3.63, 3.8) is 0 Å². The molecule has 1 aliphatic rings. The van der Waals surface area contributed by atoms with Crippen LogP contribution in [0.25, 0.3) is 5.52 Å². The lowest BCUT2D eigenvalue weighted by molar-refractivity contribution is -0.0963. The van der Waals surface area contributed by atoms with Crippen molar-refractivity contribution in [2.45, 2.75) is 29.8 Å². The Morgan fingerprint density at radius 1 is 0.764 bits per heavy atom. The van der Waals surface area contributed by atoms with E-state index in [1.54, 1.807) is 60.7 Å². The van der Waals surface area contributed by atoms with Crippen molar-refractivity contribution in [3.05, 3.63) is 204 Å². The number of carbonyl (C=O) groups excluding carboxylic acids is 2. The lowest BCUT2D eigenvalue weighted by atomic mass is 9.80. The van der Waals surface area contributed by atoms with Crippen LogP contribution >= 0.6 is 0 Å². The van der Waals surface area contributed by atoms with Crippen LogP contribution in [-0.4, -0.2) is 45.3 Å². The molecular formula is C45H35N5O5. The zero-order valence-electron chi connectivity index (χ0n) is 29.6. The van der Waals surface area contributed by atoms with Crippen molar-refractivity contribution >= 4 is 23.2 Å². The monoisotopic (exact) mass is 725 g/mol. The van der Waals surface area contributed by atoms with Crippen molar-refractivity contribution in [1.82, 2.24) is 14.6 Å². The third-order valence-electron chi connectivity index (χ3n) is 9.83. The number of hydrogen-bond donors (Lipinski definition) is 1. The predicted octanol–water partition coefficient (Wildman–Crippen LogP) is 7.72. The number of fused-ring (bicyclic) bond motifs is 1. The zero-order chi connectivity index (χ0) is 37.7. The van der Waals surface area contributed by atoms with Crippen LogP contribution in [0.4, 0.5) is 5.82 Å². The molecule has 5 aromatic carbocycles. The maximum atomic E-state index is 13.6. The van der Waals surface area contributed by atoms with E-state index in [0.717, 1.165) is 16.7 Å². The van der Waals surface area contributed by atoms with Crippen LogP contribution in [0.2, 0.25) is 0 Å². The molecule has 0 saturated carbocycles. The van der Waals surface area contributed by atoms with E-state index in [1.807, 2.05) is 103 Å². The molecular weight excluding hydrogens is 691 g/mol. The number of ether oxygens (including phenoxy) is 3. The summed E-state index contributed by atoms with van der Waals surface area (Å²) in [5.41, 5.74) is 1.35. The van der Waals surface area contributed by atoms with Gasteiger partial charge in [0.15, 0.2) is 11.9 Å². The molecule has 270 valence electrons. The molecule has 0 radical (unpaired) electrons. The Hall–Kier alpha value is -6.93. The van der Waals surface area contributed by atoms with Crippen LogP contribution in [0.15, 0.2) is 170 Å². The van der Waals surface area contributed by atoms with Gasteiger partial charge in [-0.05, 0) is 53.1 Å². The predicted molar refractivity (Wildman–Crippen MR) is 205 cm³/mol. The molecule has 1 amide bonds. The van der Waals surface area contributed by atoms with Gasteiger partial charge in [0.2, 0.25) is 5.60 Å². The first-order valence-electron chi connectivity index (χ1n) is 17.9. The van der Waals surface area contributed by atoms with Crippen molar-refractivity contribution in [3.8, 4) is 6.07 Å². The number of anilines is 1. The Balaban J connectivity index is 1.18. The van der Waals surface area contributed by atoms with Crippen LogP contribution < -0.4 is 5.32 Å². The summed E-state index contributed by atoms with van der Waals surface area (Å²) in [5, 5.41) is 18.4. The second kappa shape index (κ2) is 15.2. The summed E-state index contributed by atoms with van der Waals surface area (Å²) >= 11 is 0. The van der Waals surface area contributed by atoms with E-state index in [-0.39, 0.29) is 24.8 Å². The molecule has 7 aromatic rings. The Labute approximate surface area is 317 Å². The van der Waals surface area contributed by atoms with E-state index in [0.29, 0.717) is 22.3 Å². The number of amides is 1. The van der Waals surface area contributed by atoms with E-state index in [2.05, 4.69) is 21.5 Å². The van der Waals surface area contributed by atoms with E-state index in [9.17, 15) is 14.9 Å². The van der Waals surface area contributed by atoms with Crippen molar-refractivity contribution < 1.29 is 23.8 Å². The second-order valence-electron chi connectivity index (χ2n) is 13.1. The second-order valence-corrected chi connectivity index (χ2v) is 13.1. The first-order valence-corrected chi connectivity index (χ1v) is 17.9. The summed E-state index contributed by atoms with van der Waals surface area (Å²) in [7, 11) is 0. The molecule has 55 heavy (non-hydrogen) atoms. The number of hydrogen-bond acceptors (Lipinski definition) is 8. The lowest BCUT2D eigenvalue weighted by Gasteiger charge is -2.36. The molecule has 2 aromatic heterocycles. The normalized spacial score (nSPS) is 18.0. The minimum Gasteiger partial charge on any atom is -0.454 e. The molecule has 0 spiro atoms. The first-order chi connectivity index (χ1) is 27.0. The highest BCUT2D eigenvalue weighted by Crippen LogP contribution is 2.45. The molecule has 1 saturated heterocycles. The van der Waals surface area contributed by atoms with Gasteiger partial charge in [0.1, 0.15) is 23.5 Å². The first kappa shape index (κ1) is 35.1. The lowest BCUT2D eigenvalue weighted by Crippen LogP contribution is -2.40. The molecule has 3 heterocycles. The van der Waals surface area contributed by atoms with Gasteiger partial charge in [-0.25, -0.2) is 14.3 Å². The molecule has 1 N–H and O–H groups in total. The van der Waals surface area contributed by atoms with Crippen LogP contribution in [0, 0.1) is 11.3 Å². The third-order valence-corrected chi connectivity index (χ3v) is 9.83. The highest BCUT2D eigenvalue weighted by atomic mass is 16.6. The summed E-state index contributed by atoms with van der Waals surface area (Å²) in [6.45, 7) is 0.0260. The molecule has 10 heteroatoms. The standard InChI is InChI=1S/C45H35N5O5/c46-30-44(39-27-26-38-41(47-31-48-50(38)39)49-42(51)32-16-6-1-7-17-32)40(54-43(52)33-18-8-2-9-19-33)28-37(55-44)29-53-45(34-20-10-3-11-21-34,35-22-12-4-13-23-35)36-24-14-5-15-25-36/h1-27,31,37,40H,28-29H2,(H,47,48,49,51)/t37-,40?,44-/m0/s1. The number of nitrogens with zero attached hydrogens (tertiary/aromatic N) is 4. The summed E-state index contributed by atoms with van der Waals surface area (Å²) in [4.78, 5) is 31.1. The average Bonchev–Trinajstić information content (AvgIpc) is 3.85. The number of nitriles is 1. The Morgan fingerprint density at radius 3 is 1.84 bits per heavy atom. The molecule has 10 nitrogen and oxygen atoms in total. The van der Waals surface area contributed by atoms with Gasteiger partial charge in [-0.2, -0.15) is 10.4 Å². The van der Waals surface area contributed by atoms with Crippen LogP contribution in [0.1, 0.15) is 49.5 Å². The fourth-order valence-corrected chi connectivity index (χ4v) is 7.24. The maximum Gasteiger partial charge on any atom is 0.338 e. The van der Waals surface area contributed by atoms with Gasteiger partial charge in [-0.15, -0.1) is 0 Å². The van der Waals surface area contributed by atoms with Crippen LogP contribution in [0.3, 0.4) is 0 Å². The fraction of sp³-hybridized carbons (Fsp3) is 0.133. The van der Waals surface area contributed by atoms with Crippen molar-refractivity contribution in [2.75, 3.05) is 11.9 Å². The maximum absolute atomic E-state index is 13.6. The van der Waals surface area contributed by atoms with E-state index in [1.165, 1.54) is 10.8 Å². The van der Waals surface area contributed by atoms with Gasteiger partial charge >= 0.3 is 5.97 Å². The topological polar surface area (TPSA) is 128 Å². The van der Waals surface area contributed by atoms with Crippen molar-refractivity contribution in [1.29, 1.82) is 5.26 Å². The molecule has 1 unspecified atom stereocenters. The van der Waals surface area contributed by atoms with E-state index in [4.69, 9.17) is 14.2 Å². The summed E-state index contributed by atoms with van der Waals surface area (Å²) in [5.74, 6) is -0.729. The van der Waals surface area contributed by atoms with Gasteiger partial charge in [-0.1, -0.05) is 127 Å². The Morgan fingerprint density at radius 2 is 1.29 bits per heavy atom. The van der Waals surface area contributed by atoms with Crippen LogP contribution in [-0.2, 0) is 25.4 Å². The Kier molecular flexibility index (Phi) is 9.71. The SMILES string of the molecule is N#C[C@@]1(c2ccc3c(NC(=O)c4ccccc4)ncnn23)O[C@H](COC(c2ccccc2)(c2ccccc2)c2ccccc2)CC1OC(=O)c1ccccc1. The number of benzene rings is 5. The van der Waals surface area contributed by atoms with Gasteiger partial charge < -0.3 is 19.5 Å². The highest BCUT2D eigenvalue weighted by molar-refractivity contribution is 6.05. The molecule has 0 aliphatic carbocycles. The molecule has 3 atom stereocenters. The molecule has 1 fully saturated rings. The van der Waals surface area contributed by atoms with Crippen molar-refractivity contribution in [2.24, 2.45) is 0 Å². The number of rotatable bonds is 11. The number of carbonyl (C=O) groups is 2. The fourth-order valence-electron chi connectivity index (χ4n) is 7.24. The van der Waals surface area contributed by atoms with E-state index < -0.39 is 29.4 Å². The summed E-state index contributed by atoms with van der Waals surface area (Å²) < 4.78 is 21.5. The van der Waals surface area contributed by atoms with Gasteiger partial charge in [-0.3, -0.25) is 4.79 Å². The molecule has 1 aliphatic heterocycles. The third kappa shape index (κ3) is 6.63.